The van der Waals surface area contributed by atoms with Crippen LogP contribution >= 0.6 is 43.2 Å². The van der Waals surface area contributed by atoms with E-state index in [1.807, 2.05) is 24.4 Å². The number of thiophene rings is 1. The highest BCUT2D eigenvalue weighted by atomic mass is 79.9. The summed E-state index contributed by atoms with van der Waals surface area (Å²) in [6.07, 6.45) is 1.94. The minimum Gasteiger partial charge on any atom is -0.378 e. The van der Waals surface area contributed by atoms with Crippen LogP contribution < -0.4 is 5.32 Å². The fourth-order valence-electron chi connectivity index (χ4n) is 2.02. The second kappa shape index (κ2) is 5.84. The highest BCUT2D eigenvalue weighted by molar-refractivity contribution is 9.11. The first kappa shape index (κ1) is 14.0. The largest absolute Gasteiger partial charge is 0.378 e. The Balaban J connectivity index is 1.86. The van der Waals surface area contributed by atoms with Gasteiger partial charge in [-0.05, 0) is 64.1 Å². The topological polar surface area (TPSA) is 24.9 Å². The van der Waals surface area contributed by atoms with Gasteiger partial charge in [0.2, 0.25) is 0 Å². The molecular formula is C15H12Br2N2S. The van der Waals surface area contributed by atoms with Crippen molar-refractivity contribution in [3.05, 3.63) is 56.4 Å². The number of aromatic nitrogens is 1. The zero-order chi connectivity index (χ0) is 14.1. The Morgan fingerprint density at radius 3 is 2.85 bits per heavy atom. The van der Waals surface area contributed by atoms with Crippen LogP contribution in [-0.2, 0) is 0 Å². The number of rotatable bonds is 3. The molecule has 3 aromatic rings. The molecule has 1 N–H and O–H groups in total. The van der Waals surface area contributed by atoms with Crippen molar-refractivity contribution >= 4 is 59.1 Å². The second-order valence-electron chi connectivity index (χ2n) is 4.56. The Labute approximate surface area is 138 Å². The van der Waals surface area contributed by atoms with Gasteiger partial charge in [-0.1, -0.05) is 15.9 Å². The van der Waals surface area contributed by atoms with Crippen molar-refractivity contribution in [1.82, 2.24) is 4.98 Å². The molecule has 0 spiro atoms. The molecule has 0 aliphatic rings. The maximum atomic E-state index is 4.49. The van der Waals surface area contributed by atoms with E-state index in [0.29, 0.717) is 0 Å². The third-order valence-electron chi connectivity index (χ3n) is 3.13. The average molecular weight is 412 g/mol. The average Bonchev–Trinajstić information content (AvgIpc) is 2.89. The fourth-order valence-corrected chi connectivity index (χ4v) is 3.97. The molecule has 1 atom stereocenters. The fraction of sp³-hybridized carbons (Fsp3) is 0.133. The van der Waals surface area contributed by atoms with Gasteiger partial charge >= 0.3 is 0 Å². The number of benzene rings is 1. The van der Waals surface area contributed by atoms with Gasteiger partial charge in [-0.15, -0.1) is 11.3 Å². The van der Waals surface area contributed by atoms with Crippen LogP contribution in [0.25, 0.3) is 10.2 Å². The van der Waals surface area contributed by atoms with Crippen LogP contribution in [0.15, 0.2) is 50.9 Å². The van der Waals surface area contributed by atoms with E-state index < -0.39 is 0 Å². The first-order valence-electron chi connectivity index (χ1n) is 6.18. The Morgan fingerprint density at radius 1 is 1.20 bits per heavy atom. The van der Waals surface area contributed by atoms with Gasteiger partial charge in [0.25, 0.3) is 0 Å². The molecule has 2 heterocycles. The van der Waals surface area contributed by atoms with Crippen molar-refractivity contribution in [3.8, 4) is 0 Å². The van der Waals surface area contributed by atoms with E-state index in [1.165, 1.54) is 10.3 Å². The zero-order valence-corrected chi connectivity index (χ0v) is 14.7. The summed E-state index contributed by atoms with van der Waals surface area (Å²) >= 11 is 8.76. The summed E-state index contributed by atoms with van der Waals surface area (Å²) in [4.78, 5) is 4.49. The number of halogens is 2. The molecule has 1 unspecified atom stereocenters. The number of hydrogen-bond acceptors (Lipinski definition) is 3. The maximum Gasteiger partial charge on any atom is 0.0809 e. The molecule has 2 aromatic heterocycles. The van der Waals surface area contributed by atoms with Gasteiger partial charge < -0.3 is 5.32 Å². The third-order valence-corrected chi connectivity index (χ3v) is 5.13. The van der Waals surface area contributed by atoms with Gasteiger partial charge in [-0.3, -0.25) is 4.98 Å². The number of anilines is 1. The van der Waals surface area contributed by atoms with Crippen LogP contribution in [0.5, 0.6) is 0 Å². The van der Waals surface area contributed by atoms with Crippen LogP contribution in [0.2, 0.25) is 0 Å². The van der Waals surface area contributed by atoms with E-state index in [1.54, 1.807) is 11.3 Å². The summed E-state index contributed by atoms with van der Waals surface area (Å²) in [6, 6.07) is 10.6. The summed E-state index contributed by atoms with van der Waals surface area (Å²) in [6.45, 7) is 2.14. The van der Waals surface area contributed by atoms with Gasteiger partial charge in [0.1, 0.15) is 0 Å². The molecule has 0 amide bonds. The molecule has 102 valence electrons. The van der Waals surface area contributed by atoms with Gasteiger partial charge in [0, 0.05) is 20.8 Å². The molecule has 0 saturated carbocycles. The lowest BCUT2D eigenvalue weighted by molar-refractivity contribution is 0.879. The van der Waals surface area contributed by atoms with E-state index in [2.05, 4.69) is 66.6 Å². The number of pyridine rings is 1. The Bertz CT molecular complexity index is 754. The molecule has 0 aliphatic carbocycles. The molecular weight excluding hydrogens is 400 g/mol. The predicted octanol–water partition coefficient (Wildman–Crippen LogP) is 5.99. The number of nitrogens with zero attached hydrogens (tertiary/aromatic N) is 1. The van der Waals surface area contributed by atoms with Crippen molar-refractivity contribution in [2.45, 2.75) is 13.0 Å². The molecule has 3 rings (SSSR count). The van der Waals surface area contributed by atoms with Crippen LogP contribution in [0, 0.1) is 0 Å². The summed E-state index contributed by atoms with van der Waals surface area (Å²) in [5, 5.41) is 5.58. The molecule has 1 aromatic carbocycles. The van der Waals surface area contributed by atoms with E-state index in [9.17, 15) is 0 Å². The minimum absolute atomic E-state index is 0.200. The summed E-state index contributed by atoms with van der Waals surface area (Å²) in [7, 11) is 0. The van der Waals surface area contributed by atoms with Crippen molar-refractivity contribution < 1.29 is 0 Å². The smallest absolute Gasteiger partial charge is 0.0809 e. The zero-order valence-electron chi connectivity index (χ0n) is 10.7. The Hall–Kier alpha value is -0.910. The Morgan fingerprint density at radius 2 is 2.05 bits per heavy atom. The highest BCUT2D eigenvalue weighted by Gasteiger charge is 2.09. The van der Waals surface area contributed by atoms with Gasteiger partial charge in [0.15, 0.2) is 0 Å². The number of nitrogens with one attached hydrogen (secondary N) is 1. The summed E-state index contributed by atoms with van der Waals surface area (Å²) in [5.74, 6) is 0. The number of fused-ring (bicyclic) bond motifs is 1. The minimum atomic E-state index is 0.200. The van der Waals surface area contributed by atoms with E-state index >= 15 is 0 Å². The first-order chi connectivity index (χ1) is 9.63. The lowest BCUT2D eigenvalue weighted by Crippen LogP contribution is -2.07. The molecule has 0 bridgehead atoms. The molecule has 20 heavy (non-hydrogen) atoms. The standard InChI is InChI=1S/C15H12Br2N2S/c1-9(19-13-3-2-11(16)7-12(13)17)10-6-15-14(18-8-10)4-5-20-15/h2-9,19H,1H3. The molecule has 5 heteroatoms. The van der Waals surface area contributed by atoms with Crippen molar-refractivity contribution in [2.75, 3.05) is 5.32 Å². The molecule has 0 radical (unpaired) electrons. The quantitative estimate of drug-likeness (QED) is 0.572. The van der Waals surface area contributed by atoms with Crippen molar-refractivity contribution in [2.24, 2.45) is 0 Å². The lowest BCUT2D eigenvalue weighted by Gasteiger charge is -2.17. The maximum absolute atomic E-state index is 4.49. The van der Waals surface area contributed by atoms with Crippen LogP contribution in [0.4, 0.5) is 5.69 Å². The Kier molecular flexibility index (Phi) is 4.10. The highest BCUT2D eigenvalue weighted by Crippen LogP contribution is 2.30. The number of hydrogen-bond donors (Lipinski definition) is 1. The summed E-state index contributed by atoms with van der Waals surface area (Å²) in [5.41, 5.74) is 3.33. The van der Waals surface area contributed by atoms with E-state index in [4.69, 9.17) is 0 Å². The SMILES string of the molecule is CC(Nc1ccc(Br)cc1Br)c1cnc2ccsc2c1. The second-order valence-corrected chi connectivity index (χ2v) is 7.28. The summed E-state index contributed by atoms with van der Waals surface area (Å²) < 4.78 is 3.33. The van der Waals surface area contributed by atoms with Crippen LogP contribution in [0.1, 0.15) is 18.5 Å². The monoisotopic (exact) mass is 410 g/mol. The van der Waals surface area contributed by atoms with Gasteiger partial charge in [-0.25, -0.2) is 0 Å². The molecule has 0 fully saturated rings. The predicted molar refractivity (Wildman–Crippen MR) is 93.5 cm³/mol. The van der Waals surface area contributed by atoms with E-state index in [-0.39, 0.29) is 6.04 Å². The van der Waals surface area contributed by atoms with Gasteiger partial charge in [0.05, 0.1) is 16.3 Å². The van der Waals surface area contributed by atoms with Crippen molar-refractivity contribution in [1.29, 1.82) is 0 Å². The first-order valence-corrected chi connectivity index (χ1v) is 8.65. The normalized spacial score (nSPS) is 12.6. The lowest BCUT2D eigenvalue weighted by atomic mass is 10.1. The van der Waals surface area contributed by atoms with Crippen molar-refractivity contribution in [3.63, 3.8) is 0 Å². The van der Waals surface area contributed by atoms with E-state index in [0.717, 1.165) is 20.1 Å². The molecule has 2 nitrogen and oxygen atoms in total. The molecule has 0 aliphatic heterocycles. The van der Waals surface area contributed by atoms with Gasteiger partial charge in [-0.2, -0.15) is 0 Å². The third kappa shape index (κ3) is 2.90. The van der Waals surface area contributed by atoms with Crippen LogP contribution in [-0.4, -0.2) is 4.98 Å². The van der Waals surface area contributed by atoms with Crippen LogP contribution in [0.3, 0.4) is 0 Å². The molecule has 0 saturated heterocycles.